The molecule has 1 rings (SSSR count). The van der Waals surface area contributed by atoms with Crippen molar-refractivity contribution < 1.29 is 32.5 Å². The lowest BCUT2D eigenvalue weighted by Gasteiger charge is -2.11. The summed E-state index contributed by atoms with van der Waals surface area (Å²) >= 11 is 0. The van der Waals surface area contributed by atoms with E-state index in [2.05, 4.69) is 0 Å². The number of carboxylic acid groups (broad SMARTS) is 1. The fourth-order valence-electron chi connectivity index (χ4n) is 1.39. The average Bonchev–Trinajstić information content (AvgIpc) is 2.33. The second-order valence-corrected chi connectivity index (χ2v) is 3.75. The third-order valence-corrected chi connectivity index (χ3v) is 2.31. The zero-order chi connectivity index (χ0) is 14.5. The predicted molar refractivity (Wildman–Crippen MR) is 60.3 cm³/mol. The van der Waals surface area contributed by atoms with E-state index in [1.807, 2.05) is 0 Å². The van der Waals surface area contributed by atoms with Crippen LogP contribution in [0.2, 0.25) is 0 Å². The van der Waals surface area contributed by atoms with Crippen LogP contribution >= 0.6 is 0 Å². The molecule has 0 aliphatic heterocycles. The van der Waals surface area contributed by atoms with Crippen LogP contribution in [0.15, 0.2) is 18.2 Å². The van der Waals surface area contributed by atoms with Gasteiger partial charge in [0.25, 0.3) is 0 Å². The molecule has 0 fully saturated rings. The van der Waals surface area contributed by atoms with Crippen LogP contribution in [0.3, 0.4) is 0 Å². The Balaban J connectivity index is 2.65. The van der Waals surface area contributed by atoms with Gasteiger partial charge in [-0.05, 0) is 18.2 Å². The molecule has 0 aliphatic carbocycles. The third-order valence-electron chi connectivity index (χ3n) is 2.31. The number of benzene rings is 1. The smallest absolute Gasteiger partial charge is 0.391 e. The van der Waals surface area contributed by atoms with Crippen LogP contribution in [0.5, 0.6) is 5.75 Å². The Labute approximate surface area is 107 Å². The number of halogens is 3. The van der Waals surface area contributed by atoms with Crippen LogP contribution < -0.4 is 4.74 Å². The van der Waals surface area contributed by atoms with Crippen molar-refractivity contribution in [1.82, 2.24) is 0 Å². The Morgan fingerprint density at radius 1 is 1.37 bits per heavy atom. The second kappa shape index (κ2) is 6.42. The maximum absolute atomic E-state index is 11.9. The van der Waals surface area contributed by atoms with Gasteiger partial charge in [0.2, 0.25) is 0 Å². The van der Waals surface area contributed by atoms with Gasteiger partial charge in [-0.1, -0.05) is 0 Å². The molecule has 0 aromatic heterocycles. The number of hydrogen-bond donors (Lipinski definition) is 1. The molecule has 7 heteroatoms. The monoisotopic (exact) mass is 278 g/mol. The summed E-state index contributed by atoms with van der Waals surface area (Å²) in [5.74, 6) is -0.754. The Morgan fingerprint density at radius 2 is 2.05 bits per heavy atom. The molecule has 0 atom stereocenters. The minimum absolute atomic E-state index is 0.0234. The molecule has 0 bridgehead atoms. The molecule has 0 radical (unpaired) electrons. The van der Waals surface area contributed by atoms with E-state index in [1.54, 1.807) is 0 Å². The summed E-state index contributed by atoms with van der Waals surface area (Å²) in [4.78, 5) is 10.8. The van der Waals surface area contributed by atoms with Gasteiger partial charge in [0.15, 0.2) is 0 Å². The molecule has 19 heavy (non-hydrogen) atoms. The Kier molecular flexibility index (Phi) is 5.17. The molecular weight excluding hydrogens is 265 g/mol. The van der Waals surface area contributed by atoms with E-state index in [4.69, 9.17) is 14.6 Å². The Morgan fingerprint density at radius 3 is 2.58 bits per heavy atom. The molecule has 106 valence electrons. The fourth-order valence-corrected chi connectivity index (χ4v) is 1.39. The molecular formula is C12H13F3O4. The van der Waals surface area contributed by atoms with Crippen LogP contribution in [0, 0.1) is 0 Å². The molecule has 0 spiro atoms. The van der Waals surface area contributed by atoms with Crippen LogP contribution in [0.25, 0.3) is 0 Å². The normalized spacial score (nSPS) is 11.4. The number of alkyl halides is 3. The van der Waals surface area contributed by atoms with Crippen molar-refractivity contribution in [3.8, 4) is 5.75 Å². The van der Waals surface area contributed by atoms with E-state index in [0.717, 1.165) is 0 Å². The number of carboxylic acids is 1. The molecule has 4 nitrogen and oxygen atoms in total. The maximum Gasteiger partial charge on any atom is 0.391 e. The fraction of sp³-hybridized carbons (Fsp3) is 0.417. The summed E-state index contributed by atoms with van der Waals surface area (Å²) in [6.45, 7) is -0.621. The first-order chi connectivity index (χ1) is 8.83. The van der Waals surface area contributed by atoms with E-state index in [9.17, 15) is 18.0 Å². The quantitative estimate of drug-likeness (QED) is 0.813. The van der Waals surface area contributed by atoms with Gasteiger partial charge in [-0.2, -0.15) is 13.2 Å². The highest BCUT2D eigenvalue weighted by Crippen LogP contribution is 2.22. The van der Waals surface area contributed by atoms with Crippen molar-refractivity contribution in [2.24, 2.45) is 0 Å². The van der Waals surface area contributed by atoms with E-state index in [1.165, 1.54) is 25.3 Å². The van der Waals surface area contributed by atoms with Crippen LogP contribution in [-0.4, -0.2) is 31.0 Å². The molecule has 0 saturated heterocycles. The first kappa shape index (κ1) is 15.3. The highest BCUT2D eigenvalue weighted by atomic mass is 19.4. The summed E-state index contributed by atoms with van der Waals surface area (Å²) in [6.07, 6.45) is -5.32. The van der Waals surface area contributed by atoms with E-state index in [-0.39, 0.29) is 12.2 Å². The number of carbonyl (C=O) groups is 1. The van der Waals surface area contributed by atoms with Crippen molar-refractivity contribution in [3.63, 3.8) is 0 Å². The highest BCUT2D eigenvalue weighted by Gasteiger charge is 2.26. The van der Waals surface area contributed by atoms with Gasteiger partial charge in [0.1, 0.15) is 5.75 Å². The topological polar surface area (TPSA) is 55.8 Å². The summed E-state index contributed by atoms with van der Waals surface area (Å²) in [5, 5.41) is 8.82. The molecule has 0 heterocycles. The number of methoxy groups -OCH3 is 1. The largest absolute Gasteiger partial charge is 0.496 e. The van der Waals surface area contributed by atoms with Crippen LogP contribution in [-0.2, 0) is 11.3 Å². The number of hydrogen-bond acceptors (Lipinski definition) is 3. The molecule has 1 aromatic rings. The standard InChI is InChI=1S/C12H13F3O4/c1-18-10-3-2-8(11(16)17)6-9(10)7-19-5-4-12(13,14)15/h2-3,6H,4-5,7H2,1H3,(H,16,17). The molecule has 0 saturated carbocycles. The third kappa shape index (κ3) is 5.17. The van der Waals surface area contributed by atoms with Crippen molar-refractivity contribution in [3.05, 3.63) is 29.3 Å². The SMILES string of the molecule is COc1ccc(C(=O)O)cc1COCCC(F)(F)F. The van der Waals surface area contributed by atoms with Gasteiger partial charge in [-0.25, -0.2) is 4.79 Å². The predicted octanol–water partition coefficient (Wildman–Crippen LogP) is 2.86. The van der Waals surface area contributed by atoms with E-state index in [0.29, 0.717) is 11.3 Å². The summed E-state index contributed by atoms with van der Waals surface area (Å²) in [7, 11) is 1.38. The average molecular weight is 278 g/mol. The Hall–Kier alpha value is -1.76. The number of rotatable bonds is 6. The zero-order valence-electron chi connectivity index (χ0n) is 10.2. The first-order valence-electron chi connectivity index (χ1n) is 5.38. The second-order valence-electron chi connectivity index (χ2n) is 3.75. The van der Waals surface area contributed by atoms with Gasteiger partial charge in [-0.15, -0.1) is 0 Å². The Bertz CT molecular complexity index is 443. The van der Waals surface area contributed by atoms with Gasteiger partial charge in [0.05, 0.1) is 32.3 Å². The highest BCUT2D eigenvalue weighted by molar-refractivity contribution is 5.88. The minimum Gasteiger partial charge on any atom is -0.496 e. The first-order valence-corrected chi connectivity index (χ1v) is 5.38. The van der Waals surface area contributed by atoms with E-state index < -0.39 is 25.2 Å². The molecule has 0 unspecified atom stereocenters. The minimum atomic E-state index is -4.27. The van der Waals surface area contributed by atoms with Gasteiger partial charge >= 0.3 is 12.1 Å². The number of ether oxygens (including phenoxy) is 2. The molecule has 0 amide bonds. The van der Waals surface area contributed by atoms with Crippen LogP contribution in [0.4, 0.5) is 13.2 Å². The number of aromatic carboxylic acids is 1. The lowest BCUT2D eigenvalue weighted by Crippen LogP contribution is -2.11. The van der Waals surface area contributed by atoms with E-state index >= 15 is 0 Å². The lowest BCUT2D eigenvalue weighted by molar-refractivity contribution is -0.146. The van der Waals surface area contributed by atoms with Crippen molar-refractivity contribution in [2.75, 3.05) is 13.7 Å². The van der Waals surface area contributed by atoms with Gasteiger partial charge in [-0.3, -0.25) is 0 Å². The van der Waals surface area contributed by atoms with Crippen molar-refractivity contribution >= 4 is 5.97 Å². The zero-order valence-corrected chi connectivity index (χ0v) is 10.2. The summed E-state index contributed by atoms with van der Waals surface area (Å²) in [6, 6.07) is 4.10. The molecule has 1 aromatic carbocycles. The molecule has 1 N–H and O–H groups in total. The van der Waals surface area contributed by atoms with Crippen molar-refractivity contribution in [1.29, 1.82) is 0 Å². The maximum atomic E-state index is 11.9. The van der Waals surface area contributed by atoms with Gasteiger partial charge < -0.3 is 14.6 Å². The van der Waals surface area contributed by atoms with Crippen LogP contribution in [0.1, 0.15) is 22.3 Å². The summed E-state index contributed by atoms with van der Waals surface area (Å²) in [5.41, 5.74) is 0.416. The summed E-state index contributed by atoms with van der Waals surface area (Å²) < 4.78 is 45.6. The lowest BCUT2D eigenvalue weighted by atomic mass is 10.1. The molecule has 0 aliphatic rings. The van der Waals surface area contributed by atoms with Crippen molar-refractivity contribution in [2.45, 2.75) is 19.2 Å². The van der Waals surface area contributed by atoms with Gasteiger partial charge in [0, 0.05) is 5.56 Å².